The van der Waals surface area contributed by atoms with Crippen LogP contribution in [0, 0.1) is 13.8 Å². The number of nitrogens with zero attached hydrogens (tertiary/aromatic N) is 3. The molecule has 3 N–H and O–H groups in total. The van der Waals surface area contributed by atoms with Crippen molar-refractivity contribution in [2.75, 3.05) is 47.8 Å². The molecule has 0 bridgehead atoms. The summed E-state index contributed by atoms with van der Waals surface area (Å²) in [5, 5.41) is 7.29. The van der Waals surface area contributed by atoms with E-state index in [0.29, 0.717) is 36.0 Å². The van der Waals surface area contributed by atoms with E-state index >= 15 is 0 Å². The van der Waals surface area contributed by atoms with Gasteiger partial charge in [-0.25, -0.2) is 4.98 Å². The fraction of sp³-hybridized carbons (Fsp3) is 0.306. The number of benzene rings is 3. The molecule has 7 rings (SSSR count). The number of aryl methyl sites for hydroxylation is 2. The SMILES string of the molecule is Cc1ccc2[nH]cc(CCNC(=O)c3ccc(N4CCN(c5ccccc5C)CC4)c(NC(=O)c4coc(C5CC5)n4)c3)c2c1. The van der Waals surface area contributed by atoms with E-state index in [4.69, 9.17) is 4.42 Å². The molecule has 230 valence electrons. The molecule has 0 radical (unpaired) electrons. The topological polar surface area (TPSA) is 106 Å². The Labute approximate surface area is 262 Å². The number of nitrogens with one attached hydrogen (secondary N) is 3. The minimum absolute atomic E-state index is 0.185. The van der Waals surface area contributed by atoms with Crippen LogP contribution in [0.4, 0.5) is 17.1 Å². The lowest BCUT2D eigenvalue weighted by molar-refractivity contribution is 0.0952. The van der Waals surface area contributed by atoms with Crippen LogP contribution in [0.3, 0.4) is 0 Å². The second-order valence-electron chi connectivity index (χ2n) is 12.2. The molecule has 2 aromatic heterocycles. The monoisotopic (exact) mass is 602 g/mol. The van der Waals surface area contributed by atoms with Crippen molar-refractivity contribution in [2.45, 2.75) is 39.0 Å². The molecule has 5 aromatic rings. The van der Waals surface area contributed by atoms with Gasteiger partial charge in [-0.05, 0) is 80.6 Å². The Balaban J connectivity index is 1.08. The standard InChI is InChI=1S/C36H38N6O3/c1-23-7-11-29-28(19-23)27(21-38-29)13-14-37-34(43)26-10-12-33(42-17-15-41(16-18-42)32-6-4-3-5-24(32)2)30(20-26)39-35(44)31-22-45-36(40-31)25-8-9-25/h3-7,10-12,19-22,25,38H,8-9,13-18H2,1-2H3,(H,37,43)(H,39,44). The lowest BCUT2D eigenvalue weighted by atomic mass is 10.1. The third-order valence-corrected chi connectivity index (χ3v) is 8.87. The maximum atomic E-state index is 13.3. The molecule has 0 spiro atoms. The van der Waals surface area contributed by atoms with Crippen molar-refractivity contribution in [1.29, 1.82) is 0 Å². The van der Waals surface area contributed by atoms with Gasteiger partial charge in [-0.3, -0.25) is 9.59 Å². The highest BCUT2D eigenvalue weighted by atomic mass is 16.3. The van der Waals surface area contributed by atoms with Gasteiger partial charge in [0.15, 0.2) is 11.6 Å². The van der Waals surface area contributed by atoms with Gasteiger partial charge in [0.05, 0.1) is 11.4 Å². The first-order valence-electron chi connectivity index (χ1n) is 15.7. The van der Waals surface area contributed by atoms with Crippen molar-refractivity contribution in [2.24, 2.45) is 0 Å². The van der Waals surface area contributed by atoms with Crippen molar-refractivity contribution >= 4 is 39.8 Å². The Bertz CT molecular complexity index is 1860. The van der Waals surface area contributed by atoms with Crippen LogP contribution in [0.2, 0.25) is 0 Å². The number of hydrogen-bond donors (Lipinski definition) is 3. The zero-order valence-corrected chi connectivity index (χ0v) is 25.7. The van der Waals surface area contributed by atoms with E-state index in [9.17, 15) is 9.59 Å². The first-order chi connectivity index (χ1) is 21.9. The molecule has 2 aliphatic rings. The Kier molecular flexibility index (Phi) is 7.75. The molecule has 1 saturated heterocycles. The number of fused-ring (bicyclic) bond motifs is 1. The number of anilines is 3. The molecule has 1 aliphatic carbocycles. The highest BCUT2D eigenvalue weighted by Crippen LogP contribution is 2.39. The maximum absolute atomic E-state index is 13.3. The number of aromatic nitrogens is 2. The van der Waals surface area contributed by atoms with Gasteiger partial charge >= 0.3 is 0 Å². The van der Waals surface area contributed by atoms with Gasteiger partial charge in [0.25, 0.3) is 11.8 Å². The van der Waals surface area contributed by atoms with E-state index in [1.807, 2.05) is 18.3 Å². The summed E-state index contributed by atoms with van der Waals surface area (Å²) in [4.78, 5) is 39.1. The lowest BCUT2D eigenvalue weighted by Crippen LogP contribution is -2.47. The van der Waals surface area contributed by atoms with Crippen LogP contribution in [-0.4, -0.2) is 54.5 Å². The first kappa shape index (κ1) is 28.7. The number of para-hydroxylation sites is 1. The Morgan fingerprint density at radius 2 is 1.71 bits per heavy atom. The number of piperazine rings is 1. The highest BCUT2D eigenvalue weighted by Gasteiger charge is 2.30. The van der Waals surface area contributed by atoms with Crippen LogP contribution >= 0.6 is 0 Å². The molecule has 1 saturated carbocycles. The fourth-order valence-corrected chi connectivity index (χ4v) is 6.17. The summed E-state index contributed by atoms with van der Waals surface area (Å²) in [5.74, 6) is 0.394. The molecule has 1 aliphatic heterocycles. The summed E-state index contributed by atoms with van der Waals surface area (Å²) in [6.07, 6.45) is 6.22. The maximum Gasteiger partial charge on any atom is 0.277 e. The number of carbonyl (C=O) groups is 2. The molecule has 2 fully saturated rings. The number of rotatable bonds is 9. The average Bonchev–Trinajstić information content (AvgIpc) is 3.65. The van der Waals surface area contributed by atoms with E-state index in [1.165, 1.54) is 34.0 Å². The van der Waals surface area contributed by atoms with E-state index in [-0.39, 0.29) is 17.5 Å². The van der Waals surface area contributed by atoms with Crippen molar-refractivity contribution in [3.8, 4) is 0 Å². The number of hydrogen-bond acceptors (Lipinski definition) is 6. The van der Waals surface area contributed by atoms with Gasteiger partial charge < -0.3 is 29.8 Å². The summed E-state index contributed by atoms with van der Waals surface area (Å²) < 4.78 is 5.57. The summed E-state index contributed by atoms with van der Waals surface area (Å²) in [7, 11) is 0. The van der Waals surface area contributed by atoms with Gasteiger partial charge in [0.1, 0.15) is 6.26 Å². The average molecular weight is 603 g/mol. The predicted octanol–water partition coefficient (Wildman–Crippen LogP) is 6.20. The fourth-order valence-electron chi connectivity index (χ4n) is 6.17. The minimum atomic E-state index is -0.349. The van der Waals surface area contributed by atoms with Crippen LogP contribution in [-0.2, 0) is 6.42 Å². The smallest absolute Gasteiger partial charge is 0.277 e. The van der Waals surface area contributed by atoms with Crippen LogP contribution < -0.4 is 20.4 Å². The molecule has 0 unspecified atom stereocenters. The summed E-state index contributed by atoms with van der Waals surface area (Å²) in [6, 6.07) is 20.3. The second-order valence-corrected chi connectivity index (χ2v) is 12.2. The number of amides is 2. The first-order valence-corrected chi connectivity index (χ1v) is 15.7. The quantitative estimate of drug-likeness (QED) is 0.186. The molecular formula is C36H38N6O3. The third-order valence-electron chi connectivity index (χ3n) is 8.87. The molecule has 2 amide bonds. The van der Waals surface area contributed by atoms with Gasteiger partial charge in [0, 0.05) is 67.0 Å². The van der Waals surface area contributed by atoms with Crippen molar-refractivity contribution in [3.05, 3.63) is 107 Å². The number of H-pyrrole nitrogens is 1. The predicted molar refractivity (Wildman–Crippen MR) is 178 cm³/mol. The third kappa shape index (κ3) is 6.16. The second kappa shape index (κ2) is 12.1. The molecule has 9 heteroatoms. The molecule has 45 heavy (non-hydrogen) atoms. The summed E-state index contributed by atoms with van der Waals surface area (Å²) in [6.45, 7) is 7.97. The van der Waals surface area contributed by atoms with E-state index in [1.54, 1.807) is 6.07 Å². The Morgan fingerprint density at radius 3 is 2.49 bits per heavy atom. The lowest BCUT2D eigenvalue weighted by Gasteiger charge is -2.38. The van der Waals surface area contributed by atoms with E-state index in [2.05, 4.69) is 86.7 Å². The van der Waals surface area contributed by atoms with Crippen LogP contribution in [0.1, 0.15) is 62.2 Å². The zero-order chi connectivity index (χ0) is 30.9. The normalized spacial score (nSPS) is 15.0. The largest absolute Gasteiger partial charge is 0.448 e. The van der Waals surface area contributed by atoms with Crippen LogP contribution in [0.5, 0.6) is 0 Å². The highest BCUT2D eigenvalue weighted by molar-refractivity contribution is 6.06. The number of aromatic amines is 1. The summed E-state index contributed by atoms with van der Waals surface area (Å²) >= 11 is 0. The Morgan fingerprint density at radius 1 is 0.933 bits per heavy atom. The van der Waals surface area contributed by atoms with E-state index in [0.717, 1.165) is 50.2 Å². The van der Waals surface area contributed by atoms with Gasteiger partial charge in [0.2, 0.25) is 0 Å². The molecule has 9 nitrogen and oxygen atoms in total. The van der Waals surface area contributed by atoms with Gasteiger partial charge in [-0.1, -0.05) is 29.8 Å². The van der Waals surface area contributed by atoms with E-state index < -0.39 is 0 Å². The zero-order valence-electron chi connectivity index (χ0n) is 25.7. The Hall–Kier alpha value is -5.05. The number of carbonyl (C=O) groups excluding carboxylic acids is 2. The molecular weight excluding hydrogens is 564 g/mol. The van der Waals surface area contributed by atoms with Crippen molar-refractivity contribution < 1.29 is 14.0 Å². The minimum Gasteiger partial charge on any atom is -0.448 e. The van der Waals surface area contributed by atoms with Gasteiger partial charge in [-0.15, -0.1) is 0 Å². The summed E-state index contributed by atoms with van der Waals surface area (Å²) in [5.41, 5.74) is 8.16. The molecule has 0 atom stereocenters. The number of oxazole rings is 1. The van der Waals surface area contributed by atoms with Gasteiger partial charge in [-0.2, -0.15) is 0 Å². The molecule has 3 aromatic carbocycles. The van der Waals surface area contributed by atoms with Crippen LogP contribution in [0.25, 0.3) is 10.9 Å². The molecule has 3 heterocycles. The van der Waals surface area contributed by atoms with Crippen molar-refractivity contribution in [3.63, 3.8) is 0 Å². The van der Waals surface area contributed by atoms with Crippen molar-refractivity contribution in [1.82, 2.24) is 15.3 Å². The van der Waals surface area contributed by atoms with Crippen LogP contribution in [0.15, 0.2) is 77.5 Å².